The normalized spacial score (nSPS) is 19.8. The van der Waals surface area contributed by atoms with Crippen LogP contribution in [-0.2, 0) is 16.1 Å². The first-order valence-electron chi connectivity index (χ1n) is 11.4. The summed E-state index contributed by atoms with van der Waals surface area (Å²) in [6, 6.07) is 7.42. The van der Waals surface area contributed by atoms with Gasteiger partial charge < -0.3 is 20.1 Å². The summed E-state index contributed by atoms with van der Waals surface area (Å²) >= 11 is 0. The Hall–Kier alpha value is -3.18. The van der Waals surface area contributed by atoms with E-state index in [4.69, 9.17) is 14.8 Å². The number of alkyl halides is 2. The number of nitrogens with zero attached hydrogens (tertiary/aromatic N) is 5. The number of anilines is 2. The van der Waals surface area contributed by atoms with E-state index < -0.39 is 13.0 Å². The standard InChI is InChI=1S/C23H26F2N6O3/c24-19(25)11-30-22-18(10-26-30)23(31-16-7-8-17(31)13-34-12-16)29-21(28-22)14-3-5-15(6-4-14)27-20(33)2-1-9-32/h3-6,10,16-17,19,32H,1-2,7-9,11-13H2,(H,27,33). The average Bonchev–Trinajstić information content (AvgIpc) is 3.33. The van der Waals surface area contributed by atoms with Crippen LogP contribution >= 0.6 is 0 Å². The maximum atomic E-state index is 13.2. The van der Waals surface area contributed by atoms with Gasteiger partial charge in [0, 0.05) is 24.3 Å². The van der Waals surface area contributed by atoms with Crippen molar-refractivity contribution in [3.63, 3.8) is 0 Å². The number of halogens is 2. The number of hydrogen-bond donors (Lipinski definition) is 2. The van der Waals surface area contributed by atoms with Gasteiger partial charge in [0.25, 0.3) is 6.43 Å². The third-order valence-electron chi connectivity index (χ3n) is 6.26. The summed E-state index contributed by atoms with van der Waals surface area (Å²) in [4.78, 5) is 23.6. The van der Waals surface area contributed by atoms with Gasteiger partial charge in [0.1, 0.15) is 12.4 Å². The van der Waals surface area contributed by atoms with Crippen molar-refractivity contribution in [1.29, 1.82) is 0 Å². The summed E-state index contributed by atoms with van der Waals surface area (Å²) in [6.45, 7) is 0.621. The third kappa shape index (κ3) is 4.45. The molecule has 2 saturated heterocycles. The van der Waals surface area contributed by atoms with Crippen LogP contribution in [0.3, 0.4) is 0 Å². The monoisotopic (exact) mass is 472 g/mol. The Morgan fingerprint density at radius 3 is 2.59 bits per heavy atom. The second kappa shape index (κ2) is 9.59. The number of ether oxygens (including phenoxy) is 1. The minimum Gasteiger partial charge on any atom is -0.396 e. The Kier molecular flexibility index (Phi) is 6.38. The van der Waals surface area contributed by atoms with Crippen molar-refractivity contribution < 1.29 is 23.4 Å². The maximum absolute atomic E-state index is 13.2. The van der Waals surface area contributed by atoms with E-state index in [1.165, 1.54) is 4.68 Å². The van der Waals surface area contributed by atoms with Gasteiger partial charge in [-0.2, -0.15) is 5.10 Å². The van der Waals surface area contributed by atoms with Gasteiger partial charge in [0.15, 0.2) is 11.5 Å². The molecule has 0 saturated carbocycles. The van der Waals surface area contributed by atoms with Crippen molar-refractivity contribution in [2.24, 2.45) is 0 Å². The molecule has 2 aliphatic heterocycles. The highest BCUT2D eigenvalue weighted by atomic mass is 19.3. The Bertz CT molecular complexity index is 1150. The number of aromatic nitrogens is 4. The highest BCUT2D eigenvalue weighted by molar-refractivity contribution is 5.91. The van der Waals surface area contributed by atoms with Gasteiger partial charge >= 0.3 is 0 Å². The average molecular weight is 472 g/mol. The van der Waals surface area contributed by atoms with E-state index in [9.17, 15) is 13.6 Å². The van der Waals surface area contributed by atoms with E-state index in [2.05, 4.69) is 20.3 Å². The second-order valence-electron chi connectivity index (χ2n) is 8.61. The molecule has 11 heteroatoms. The minimum absolute atomic E-state index is 0.0402. The number of fused-ring (bicyclic) bond motifs is 3. The molecule has 0 spiro atoms. The predicted octanol–water partition coefficient (Wildman–Crippen LogP) is 2.84. The fourth-order valence-corrected chi connectivity index (χ4v) is 4.67. The van der Waals surface area contributed by atoms with Gasteiger partial charge in [0.05, 0.1) is 36.9 Å². The molecule has 1 amide bonds. The van der Waals surface area contributed by atoms with Gasteiger partial charge in [-0.15, -0.1) is 0 Å². The van der Waals surface area contributed by atoms with Crippen molar-refractivity contribution in [3.05, 3.63) is 30.5 Å². The quantitative estimate of drug-likeness (QED) is 0.519. The molecule has 2 aliphatic rings. The number of hydrogen-bond acceptors (Lipinski definition) is 7. The highest BCUT2D eigenvalue weighted by Crippen LogP contribution is 2.37. The molecule has 1 aromatic carbocycles. The lowest BCUT2D eigenvalue weighted by molar-refractivity contribution is -0.116. The molecular formula is C23H26F2N6O3. The van der Waals surface area contributed by atoms with Crippen LogP contribution in [0.15, 0.2) is 30.5 Å². The second-order valence-corrected chi connectivity index (χ2v) is 8.61. The van der Waals surface area contributed by atoms with Crippen LogP contribution in [0, 0.1) is 0 Å². The van der Waals surface area contributed by atoms with Gasteiger partial charge in [0.2, 0.25) is 5.91 Å². The van der Waals surface area contributed by atoms with E-state index >= 15 is 0 Å². The van der Waals surface area contributed by atoms with E-state index in [0.717, 1.165) is 12.8 Å². The van der Waals surface area contributed by atoms with Crippen molar-refractivity contribution in [2.75, 3.05) is 30.0 Å². The SMILES string of the molecule is O=C(CCCO)Nc1ccc(-c2nc(N3C4CCC3COC4)c3cnn(CC(F)F)c3n2)cc1. The number of aliphatic hydroxyl groups is 1. The molecule has 2 N–H and O–H groups in total. The smallest absolute Gasteiger partial charge is 0.258 e. The fraction of sp³-hybridized carbons (Fsp3) is 0.478. The van der Waals surface area contributed by atoms with Crippen LogP contribution in [0.25, 0.3) is 22.4 Å². The van der Waals surface area contributed by atoms with Gasteiger partial charge in [-0.1, -0.05) is 0 Å². The lowest BCUT2D eigenvalue weighted by atomic mass is 10.1. The van der Waals surface area contributed by atoms with Crippen LogP contribution < -0.4 is 10.2 Å². The number of carbonyl (C=O) groups excluding carboxylic acids is 1. The van der Waals surface area contributed by atoms with E-state index in [-0.39, 0.29) is 31.0 Å². The van der Waals surface area contributed by atoms with Crippen LogP contribution in [-0.4, -0.2) is 69.1 Å². The molecule has 2 fully saturated rings. The number of amides is 1. The number of morpholine rings is 1. The molecule has 0 radical (unpaired) electrons. The van der Waals surface area contributed by atoms with Crippen LogP contribution in [0.2, 0.25) is 0 Å². The summed E-state index contributed by atoms with van der Waals surface area (Å²) in [7, 11) is 0. The number of benzene rings is 1. The number of aliphatic hydroxyl groups excluding tert-OH is 1. The Morgan fingerprint density at radius 1 is 1.18 bits per heavy atom. The lowest BCUT2D eigenvalue weighted by Crippen LogP contribution is -2.46. The molecule has 2 aromatic heterocycles. The molecule has 34 heavy (non-hydrogen) atoms. The van der Waals surface area contributed by atoms with E-state index in [0.29, 0.717) is 53.6 Å². The Morgan fingerprint density at radius 2 is 1.91 bits per heavy atom. The molecule has 180 valence electrons. The van der Waals surface area contributed by atoms with Crippen LogP contribution in [0.1, 0.15) is 25.7 Å². The van der Waals surface area contributed by atoms with Gasteiger partial charge in [-0.05, 0) is 43.5 Å². The molecule has 0 aliphatic carbocycles. The minimum atomic E-state index is -2.56. The van der Waals surface area contributed by atoms with Crippen molar-refractivity contribution in [1.82, 2.24) is 19.7 Å². The summed E-state index contributed by atoms with van der Waals surface area (Å²) in [5.74, 6) is 0.917. The Balaban J connectivity index is 1.51. The third-order valence-corrected chi connectivity index (χ3v) is 6.26. The largest absolute Gasteiger partial charge is 0.396 e. The highest BCUT2D eigenvalue weighted by Gasteiger charge is 2.39. The molecule has 4 heterocycles. The first-order chi connectivity index (χ1) is 16.5. The van der Waals surface area contributed by atoms with Crippen molar-refractivity contribution in [2.45, 2.75) is 50.7 Å². The summed E-state index contributed by atoms with van der Waals surface area (Å²) in [5, 5.41) is 16.5. The molecule has 3 aromatic rings. The van der Waals surface area contributed by atoms with Crippen LogP contribution in [0.4, 0.5) is 20.3 Å². The predicted molar refractivity (Wildman–Crippen MR) is 122 cm³/mol. The zero-order chi connectivity index (χ0) is 23.7. The van der Waals surface area contributed by atoms with Crippen molar-refractivity contribution >= 4 is 28.4 Å². The topological polar surface area (TPSA) is 105 Å². The van der Waals surface area contributed by atoms with Crippen LogP contribution in [0.5, 0.6) is 0 Å². The van der Waals surface area contributed by atoms with Crippen molar-refractivity contribution in [3.8, 4) is 11.4 Å². The maximum Gasteiger partial charge on any atom is 0.258 e. The zero-order valence-corrected chi connectivity index (χ0v) is 18.5. The molecule has 9 nitrogen and oxygen atoms in total. The van der Waals surface area contributed by atoms with Gasteiger partial charge in [-0.3, -0.25) is 4.79 Å². The molecule has 2 unspecified atom stereocenters. The summed E-state index contributed by atoms with van der Waals surface area (Å²) in [5.41, 5.74) is 1.68. The number of carbonyl (C=O) groups is 1. The zero-order valence-electron chi connectivity index (χ0n) is 18.5. The molecular weight excluding hydrogens is 446 g/mol. The first-order valence-corrected chi connectivity index (χ1v) is 11.4. The number of nitrogens with one attached hydrogen (secondary N) is 1. The Labute approximate surface area is 194 Å². The van der Waals surface area contributed by atoms with E-state index in [1.807, 2.05) is 0 Å². The molecule has 2 atom stereocenters. The van der Waals surface area contributed by atoms with Gasteiger partial charge in [-0.25, -0.2) is 23.4 Å². The number of rotatable bonds is 8. The fourth-order valence-electron chi connectivity index (χ4n) is 4.67. The summed E-state index contributed by atoms with van der Waals surface area (Å²) < 4.78 is 33.3. The molecule has 5 rings (SSSR count). The summed E-state index contributed by atoms with van der Waals surface area (Å²) in [6.07, 6.45) is 1.62. The first kappa shape index (κ1) is 22.6. The lowest BCUT2D eigenvalue weighted by Gasteiger charge is -2.36. The molecule has 2 bridgehead atoms. The van der Waals surface area contributed by atoms with E-state index in [1.54, 1.807) is 30.5 Å².